The maximum Gasteiger partial charge on any atom is 0.319 e. The van der Waals surface area contributed by atoms with Crippen LogP contribution in [0.3, 0.4) is 0 Å². The molecule has 0 aliphatic carbocycles. The Kier molecular flexibility index (Phi) is 7.31. The van der Waals surface area contributed by atoms with Crippen LogP contribution in [-0.2, 0) is 13.0 Å². The summed E-state index contributed by atoms with van der Waals surface area (Å²) >= 11 is 5.92. The lowest BCUT2D eigenvalue weighted by Gasteiger charge is -2.17. The Labute approximate surface area is 181 Å². The van der Waals surface area contributed by atoms with Gasteiger partial charge in [0.1, 0.15) is 12.4 Å². The number of nitriles is 1. The number of nitrogens with one attached hydrogen (secondary N) is 2. The van der Waals surface area contributed by atoms with Crippen molar-refractivity contribution < 1.29 is 9.53 Å². The predicted molar refractivity (Wildman–Crippen MR) is 119 cm³/mol. The van der Waals surface area contributed by atoms with Crippen molar-refractivity contribution in [1.82, 2.24) is 5.32 Å². The van der Waals surface area contributed by atoms with Gasteiger partial charge in [-0.1, -0.05) is 54.1 Å². The zero-order chi connectivity index (χ0) is 21.3. The Bertz CT molecular complexity index is 1030. The van der Waals surface area contributed by atoms with E-state index in [1.807, 2.05) is 67.6 Å². The van der Waals surface area contributed by atoms with Gasteiger partial charge in [-0.25, -0.2) is 4.79 Å². The molecule has 0 radical (unpaired) electrons. The minimum atomic E-state index is -0.300. The highest BCUT2D eigenvalue weighted by Crippen LogP contribution is 2.20. The van der Waals surface area contributed by atoms with Crippen molar-refractivity contribution in [1.29, 1.82) is 5.26 Å². The van der Waals surface area contributed by atoms with Gasteiger partial charge < -0.3 is 15.4 Å². The van der Waals surface area contributed by atoms with Crippen LogP contribution in [0.15, 0.2) is 72.8 Å². The minimum Gasteiger partial charge on any atom is -0.489 e. The standard InChI is InChI=1S/C24H22ClN3O2/c1-17(19-8-10-21(25)11-9-19)27-24(29)28-23-5-3-2-4-20(23)16-30-22-12-6-18(7-13-22)14-15-26/h2-13,17H,14,16H2,1H3,(H2,27,28,29). The number of carbonyl (C=O) groups excluding carboxylic acids is 1. The summed E-state index contributed by atoms with van der Waals surface area (Å²) in [5.41, 5.74) is 3.44. The quantitative estimate of drug-likeness (QED) is 0.503. The monoisotopic (exact) mass is 419 g/mol. The van der Waals surface area contributed by atoms with E-state index in [0.29, 0.717) is 29.5 Å². The van der Waals surface area contributed by atoms with E-state index in [9.17, 15) is 4.79 Å². The molecule has 0 bridgehead atoms. The molecule has 0 spiro atoms. The van der Waals surface area contributed by atoms with Gasteiger partial charge in [0.05, 0.1) is 18.5 Å². The summed E-state index contributed by atoms with van der Waals surface area (Å²) < 4.78 is 5.84. The second-order valence-corrected chi connectivity index (χ2v) is 7.23. The van der Waals surface area contributed by atoms with Crippen LogP contribution in [0.4, 0.5) is 10.5 Å². The zero-order valence-electron chi connectivity index (χ0n) is 16.6. The first-order valence-electron chi connectivity index (χ1n) is 9.54. The highest BCUT2D eigenvalue weighted by Gasteiger charge is 2.11. The predicted octanol–water partition coefficient (Wildman–Crippen LogP) is 5.87. The average Bonchev–Trinajstić information content (AvgIpc) is 2.75. The molecule has 0 saturated heterocycles. The second kappa shape index (κ2) is 10.3. The average molecular weight is 420 g/mol. The third-order valence-corrected chi connectivity index (χ3v) is 4.84. The lowest BCUT2D eigenvalue weighted by atomic mass is 10.1. The van der Waals surface area contributed by atoms with Gasteiger partial charge in [-0.3, -0.25) is 0 Å². The van der Waals surface area contributed by atoms with E-state index in [1.54, 1.807) is 12.1 Å². The van der Waals surface area contributed by atoms with Gasteiger partial charge in [0.15, 0.2) is 0 Å². The number of hydrogen-bond donors (Lipinski definition) is 2. The third kappa shape index (κ3) is 6.00. The van der Waals surface area contributed by atoms with Crippen molar-refractivity contribution >= 4 is 23.3 Å². The van der Waals surface area contributed by atoms with Crippen molar-refractivity contribution in [3.63, 3.8) is 0 Å². The Morgan fingerprint density at radius 1 is 1.07 bits per heavy atom. The number of benzene rings is 3. The van der Waals surface area contributed by atoms with Crippen molar-refractivity contribution in [3.8, 4) is 11.8 Å². The van der Waals surface area contributed by atoms with E-state index < -0.39 is 0 Å². The molecule has 2 N–H and O–H groups in total. The normalized spacial score (nSPS) is 11.2. The third-order valence-electron chi connectivity index (χ3n) is 4.58. The van der Waals surface area contributed by atoms with E-state index in [-0.39, 0.29) is 12.1 Å². The van der Waals surface area contributed by atoms with Gasteiger partial charge in [-0.2, -0.15) is 5.26 Å². The molecule has 0 aromatic heterocycles. The summed E-state index contributed by atoms with van der Waals surface area (Å²) in [5.74, 6) is 0.701. The van der Waals surface area contributed by atoms with Crippen molar-refractivity contribution in [2.45, 2.75) is 26.0 Å². The van der Waals surface area contributed by atoms with Gasteiger partial charge in [-0.15, -0.1) is 0 Å². The molecule has 2 amide bonds. The number of anilines is 1. The van der Waals surface area contributed by atoms with Gasteiger partial charge in [0.2, 0.25) is 0 Å². The Morgan fingerprint density at radius 2 is 1.77 bits per heavy atom. The molecule has 0 aliphatic rings. The Balaban J connectivity index is 1.59. The number of carbonyl (C=O) groups is 1. The van der Waals surface area contributed by atoms with Crippen LogP contribution in [-0.4, -0.2) is 6.03 Å². The fourth-order valence-electron chi connectivity index (χ4n) is 2.91. The summed E-state index contributed by atoms with van der Waals surface area (Å²) in [6.07, 6.45) is 0.372. The Morgan fingerprint density at radius 3 is 2.47 bits per heavy atom. The fourth-order valence-corrected chi connectivity index (χ4v) is 3.04. The molecular weight excluding hydrogens is 398 g/mol. The molecule has 5 nitrogen and oxygen atoms in total. The molecule has 1 atom stereocenters. The maximum atomic E-state index is 12.5. The summed E-state index contributed by atoms with van der Waals surface area (Å²) in [6.45, 7) is 2.22. The van der Waals surface area contributed by atoms with Crippen molar-refractivity contribution in [2.75, 3.05) is 5.32 Å². The first-order valence-corrected chi connectivity index (χ1v) is 9.92. The number of halogens is 1. The molecule has 3 rings (SSSR count). The molecule has 3 aromatic rings. The van der Waals surface area contributed by atoms with Crippen LogP contribution in [0, 0.1) is 11.3 Å². The molecule has 0 heterocycles. The highest BCUT2D eigenvalue weighted by atomic mass is 35.5. The fraction of sp³-hybridized carbons (Fsp3) is 0.167. The van der Waals surface area contributed by atoms with Gasteiger partial charge >= 0.3 is 6.03 Å². The van der Waals surface area contributed by atoms with Crippen LogP contribution in [0.1, 0.15) is 29.7 Å². The largest absolute Gasteiger partial charge is 0.489 e. The molecule has 0 saturated carbocycles. The van der Waals surface area contributed by atoms with Gasteiger partial charge in [-0.05, 0) is 48.4 Å². The van der Waals surface area contributed by atoms with E-state index in [2.05, 4.69) is 16.7 Å². The van der Waals surface area contributed by atoms with Crippen molar-refractivity contribution in [3.05, 3.63) is 94.5 Å². The minimum absolute atomic E-state index is 0.169. The van der Waals surface area contributed by atoms with Gasteiger partial charge in [0.25, 0.3) is 0 Å². The molecule has 0 fully saturated rings. The SMILES string of the molecule is CC(NC(=O)Nc1ccccc1COc1ccc(CC#N)cc1)c1ccc(Cl)cc1. The van der Waals surface area contributed by atoms with Gasteiger partial charge in [0, 0.05) is 16.3 Å². The van der Waals surface area contributed by atoms with Crippen LogP contribution >= 0.6 is 11.6 Å². The summed E-state index contributed by atoms with van der Waals surface area (Å²) in [4.78, 5) is 12.5. The van der Waals surface area contributed by atoms with Crippen LogP contribution in [0.5, 0.6) is 5.75 Å². The summed E-state index contributed by atoms with van der Waals surface area (Å²) in [7, 11) is 0. The highest BCUT2D eigenvalue weighted by molar-refractivity contribution is 6.30. The zero-order valence-corrected chi connectivity index (χ0v) is 17.3. The summed E-state index contributed by atoms with van der Waals surface area (Å²) in [6, 6.07) is 23.9. The molecule has 0 aliphatic heterocycles. The lowest BCUT2D eigenvalue weighted by Crippen LogP contribution is -2.31. The Hall–Kier alpha value is -3.49. The van der Waals surface area contributed by atoms with Crippen LogP contribution in [0.2, 0.25) is 5.02 Å². The van der Waals surface area contributed by atoms with Crippen molar-refractivity contribution in [2.24, 2.45) is 0 Å². The number of urea groups is 1. The molecule has 3 aromatic carbocycles. The first-order chi connectivity index (χ1) is 14.5. The first kappa shape index (κ1) is 21.2. The molecule has 1 unspecified atom stereocenters. The summed E-state index contributed by atoms with van der Waals surface area (Å²) in [5, 5.41) is 15.2. The van der Waals surface area contributed by atoms with Crippen LogP contribution < -0.4 is 15.4 Å². The number of hydrogen-bond acceptors (Lipinski definition) is 3. The van der Waals surface area contributed by atoms with E-state index in [0.717, 1.165) is 16.7 Å². The van der Waals surface area contributed by atoms with E-state index in [1.165, 1.54) is 0 Å². The molecule has 6 heteroatoms. The number of ether oxygens (including phenoxy) is 1. The van der Waals surface area contributed by atoms with Crippen LogP contribution in [0.25, 0.3) is 0 Å². The van der Waals surface area contributed by atoms with E-state index in [4.69, 9.17) is 21.6 Å². The second-order valence-electron chi connectivity index (χ2n) is 6.80. The number of para-hydroxylation sites is 1. The smallest absolute Gasteiger partial charge is 0.319 e. The molecule has 30 heavy (non-hydrogen) atoms. The molecule has 152 valence electrons. The molecular formula is C24H22ClN3O2. The number of nitrogens with zero attached hydrogens (tertiary/aromatic N) is 1. The number of amides is 2. The van der Waals surface area contributed by atoms with E-state index >= 15 is 0 Å². The lowest BCUT2D eigenvalue weighted by molar-refractivity contribution is 0.249. The topological polar surface area (TPSA) is 74.2 Å². The number of rotatable bonds is 7. The maximum absolute atomic E-state index is 12.5.